The molecule has 0 aliphatic carbocycles. The Kier molecular flexibility index (Phi) is 8.57. The molecule has 0 saturated heterocycles. The van der Waals surface area contributed by atoms with Gasteiger partial charge in [0.05, 0.1) is 12.2 Å². The molecule has 0 aromatic carbocycles. The lowest BCUT2D eigenvalue weighted by atomic mass is 10.3. The largest absolute Gasteiger partial charge is 0.356 e. The Morgan fingerprint density at radius 3 is 2.79 bits per heavy atom. The summed E-state index contributed by atoms with van der Waals surface area (Å²) in [5.74, 6) is 1.74. The van der Waals surface area contributed by atoms with Crippen LogP contribution in [-0.4, -0.2) is 53.8 Å². The molecule has 0 unspecified atom stereocenters. The highest BCUT2D eigenvalue weighted by atomic mass is 127. The number of hydrogen-bond donors (Lipinski definition) is 2. The molecule has 0 radical (unpaired) electrons. The van der Waals surface area contributed by atoms with Crippen molar-refractivity contribution in [3.8, 4) is 11.6 Å². The number of anilines is 1. The molecule has 9 nitrogen and oxygen atoms in total. The second kappa shape index (κ2) is 10.9. The summed E-state index contributed by atoms with van der Waals surface area (Å²) in [7, 11) is 5.69. The molecule has 0 fully saturated rings. The zero-order valence-corrected chi connectivity index (χ0v) is 19.1. The first-order valence-corrected chi connectivity index (χ1v) is 9.34. The van der Waals surface area contributed by atoms with Crippen LogP contribution < -0.4 is 15.5 Å². The minimum Gasteiger partial charge on any atom is -0.356 e. The number of pyridine rings is 1. The Balaban J connectivity index is 0.00000280. The molecule has 3 heterocycles. The standard InChI is InChI=1S/C17H22N8OS.HI/c1-18-16(21-10-12-11-27-17(22-12)25(2)3)20-9-7-14-23-15(26-24-14)13-6-4-5-8-19-13;/h4-6,8,11H,7,9-10H2,1-3H3,(H2,18,20,21);1H. The maximum absolute atomic E-state index is 5.25. The summed E-state index contributed by atoms with van der Waals surface area (Å²) in [4.78, 5) is 19.3. The fourth-order valence-corrected chi connectivity index (χ4v) is 2.98. The molecular weight excluding hydrogens is 491 g/mol. The van der Waals surface area contributed by atoms with Crippen LogP contribution in [0.15, 0.2) is 39.3 Å². The SMILES string of the molecule is CN=C(NCCc1noc(-c2ccccn2)n1)NCc1csc(N(C)C)n1.I. The van der Waals surface area contributed by atoms with Gasteiger partial charge in [-0.25, -0.2) is 4.98 Å². The van der Waals surface area contributed by atoms with Gasteiger partial charge in [-0.15, -0.1) is 35.3 Å². The Morgan fingerprint density at radius 1 is 1.25 bits per heavy atom. The predicted octanol–water partition coefficient (Wildman–Crippen LogP) is 2.18. The van der Waals surface area contributed by atoms with Gasteiger partial charge in [-0.3, -0.25) is 9.98 Å². The molecule has 0 aliphatic heterocycles. The first kappa shape index (κ1) is 22.0. The molecule has 28 heavy (non-hydrogen) atoms. The van der Waals surface area contributed by atoms with Gasteiger partial charge in [-0.2, -0.15) is 4.98 Å². The van der Waals surface area contributed by atoms with Crippen molar-refractivity contribution in [2.45, 2.75) is 13.0 Å². The molecule has 150 valence electrons. The second-order valence-electron chi connectivity index (χ2n) is 5.85. The van der Waals surface area contributed by atoms with Crippen molar-refractivity contribution in [2.24, 2.45) is 4.99 Å². The number of aromatic nitrogens is 4. The summed E-state index contributed by atoms with van der Waals surface area (Å²) in [6, 6.07) is 5.56. The van der Waals surface area contributed by atoms with Gasteiger partial charge in [0, 0.05) is 45.7 Å². The van der Waals surface area contributed by atoms with E-state index in [4.69, 9.17) is 4.52 Å². The van der Waals surface area contributed by atoms with E-state index in [1.807, 2.05) is 42.6 Å². The fraction of sp³-hybridized carbons (Fsp3) is 0.353. The minimum atomic E-state index is 0. The van der Waals surface area contributed by atoms with Gasteiger partial charge >= 0.3 is 0 Å². The van der Waals surface area contributed by atoms with Gasteiger partial charge in [-0.1, -0.05) is 11.2 Å². The van der Waals surface area contributed by atoms with Crippen molar-refractivity contribution in [3.05, 3.63) is 41.3 Å². The number of aliphatic imine (C=N–C) groups is 1. The van der Waals surface area contributed by atoms with E-state index in [-0.39, 0.29) is 24.0 Å². The zero-order valence-electron chi connectivity index (χ0n) is 15.9. The van der Waals surface area contributed by atoms with Gasteiger partial charge in [0.25, 0.3) is 5.89 Å². The van der Waals surface area contributed by atoms with Crippen LogP contribution in [0.1, 0.15) is 11.5 Å². The topological polar surface area (TPSA) is 104 Å². The average Bonchev–Trinajstić information content (AvgIpc) is 3.35. The number of nitrogens with one attached hydrogen (secondary N) is 2. The first-order valence-electron chi connectivity index (χ1n) is 8.46. The summed E-state index contributed by atoms with van der Waals surface area (Å²) in [5.41, 5.74) is 1.65. The molecule has 0 amide bonds. The van der Waals surface area contributed by atoms with Crippen molar-refractivity contribution < 1.29 is 4.52 Å². The molecule has 3 aromatic rings. The highest BCUT2D eigenvalue weighted by Gasteiger charge is 2.10. The van der Waals surface area contributed by atoms with Crippen molar-refractivity contribution in [3.63, 3.8) is 0 Å². The smallest absolute Gasteiger partial charge is 0.276 e. The average molecular weight is 514 g/mol. The molecule has 0 atom stereocenters. The molecule has 3 aromatic heterocycles. The Morgan fingerprint density at radius 2 is 2.11 bits per heavy atom. The first-order chi connectivity index (χ1) is 13.2. The summed E-state index contributed by atoms with van der Waals surface area (Å²) < 4.78 is 5.25. The predicted molar refractivity (Wildman–Crippen MR) is 121 cm³/mol. The fourth-order valence-electron chi connectivity index (χ4n) is 2.22. The Bertz CT molecular complexity index is 880. The van der Waals surface area contributed by atoms with E-state index in [9.17, 15) is 0 Å². The number of halogens is 1. The summed E-state index contributed by atoms with van der Waals surface area (Å²) in [5, 5.41) is 13.5. The van der Waals surface area contributed by atoms with E-state index in [0.717, 1.165) is 10.8 Å². The normalized spacial score (nSPS) is 11.0. The van der Waals surface area contributed by atoms with Crippen molar-refractivity contribution in [1.29, 1.82) is 0 Å². The summed E-state index contributed by atoms with van der Waals surface area (Å²) in [6.07, 6.45) is 2.30. The lowest BCUT2D eigenvalue weighted by Crippen LogP contribution is -2.38. The van der Waals surface area contributed by atoms with E-state index < -0.39 is 0 Å². The maximum atomic E-state index is 5.25. The molecule has 11 heteroatoms. The number of nitrogens with zero attached hydrogens (tertiary/aromatic N) is 6. The third-order valence-electron chi connectivity index (χ3n) is 3.58. The number of rotatable bonds is 7. The highest BCUT2D eigenvalue weighted by molar-refractivity contribution is 14.0. The van der Waals surface area contributed by atoms with E-state index in [0.29, 0.717) is 42.9 Å². The molecular formula is C17H23IN8OS. The summed E-state index contributed by atoms with van der Waals surface area (Å²) >= 11 is 1.61. The Hall–Kier alpha value is -2.28. The van der Waals surface area contributed by atoms with E-state index in [2.05, 4.69) is 35.7 Å². The third-order valence-corrected chi connectivity index (χ3v) is 4.63. The molecule has 0 aliphatic rings. The van der Waals surface area contributed by atoms with Crippen LogP contribution in [0.4, 0.5) is 5.13 Å². The van der Waals surface area contributed by atoms with Crippen molar-refractivity contribution in [1.82, 2.24) is 30.7 Å². The Labute approximate surface area is 184 Å². The minimum absolute atomic E-state index is 0. The van der Waals surface area contributed by atoms with Crippen molar-refractivity contribution >= 4 is 46.4 Å². The highest BCUT2D eigenvalue weighted by Crippen LogP contribution is 2.17. The van der Waals surface area contributed by atoms with Gasteiger partial charge in [0.15, 0.2) is 16.9 Å². The van der Waals surface area contributed by atoms with Gasteiger partial charge in [0.2, 0.25) is 0 Å². The van der Waals surface area contributed by atoms with Crippen LogP contribution in [0.3, 0.4) is 0 Å². The van der Waals surface area contributed by atoms with Crippen LogP contribution in [0.5, 0.6) is 0 Å². The van der Waals surface area contributed by atoms with E-state index in [1.54, 1.807) is 24.6 Å². The number of guanidine groups is 1. The van der Waals surface area contributed by atoms with Crippen LogP contribution >= 0.6 is 35.3 Å². The van der Waals surface area contributed by atoms with Crippen molar-refractivity contribution in [2.75, 3.05) is 32.6 Å². The van der Waals surface area contributed by atoms with Gasteiger partial charge < -0.3 is 20.1 Å². The summed E-state index contributed by atoms with van der Waals surface area (Å²) in [6.45, 7) is 1.23. The maximum Gasteiger partial charge on any atom is 0.276 e. The van der Waals surface area contributed by atoms with Crippen LogP contribution in [0.2, 0.25) is 0 Å². The van der Waals surface area contributed by atoms with Crippen LogP contribution in [0, 0.1) is 0 Å². The van der Waals surface area contributed by atoms with Gasteiger partial charge in [-0.05, 0) is 12.1 Å². The lowest BCUT2D eigenvalue weighted by molar-refractivity contribution is 0.421. The van der Waals surface area contributed by atoms with E-state index in [1.165, 1.54) is 0 Å². The third kappa shape index (κ3) is 6.12. The number of thiazole rings is 1. The second-order valence-corrected chi connectivity index (χ2v) is 6.69. The van der Waals surface area contributed by atoms with E-state index >= 15 is 0 Å². The molecule has 0 bridgehead atoms. The number of hydrogen-bond acceptors (Lipinski definition) is 8. The van der Waals surface area contributed by atoms with Gasteiger partial charge in [0.1, 0.15) is 5.69 Å². The molecule has 2 N–H and O–H groups in total. The molecule has 0 spiro atoms. The van der Waals surface area contributed by atoms with Crippen LogP contribution in [-0.2, 0) is 13.0 Å². The molecule has 3 rings (SSSR count). The quantitative estimate of drug-likeness (QED) is 0.281. The lowest BCUT2D eigenvalue weighted by Gasteiger charge is -2.10. The van der Waals surface area contributed by atoms with Crippen LogP contribution in [0.25, 0.3) is 11.6 Å². The monoisotopic (exact) mass is 514 g/mol. The molecule has 0 saturated carbocycles. The zero-order chi connectivity index (χ0) is 19.1.